The molecule has 7 heteroatoms. The quantitative estimate of drug-likeness (QED) is 0.587. The van der Waals surface area contributed by atoms with E-state index in [0.29, 0.717) is 5.69 Å². The first-order valence-corrected chi connectivity index (χ1v) is 12.8. The van der Waals surface area contributed by atoms with E-state index in [4.69, 9.17) is 4.74 Å². The first-order chi connectivity index (χ1) is 14.9. The van der Waals surface area contributed by atoms with Crippen LogP contribution in [0.1, 0.15) is 68.8 Å². The van der Waals surface area contributed by atoms with Gasteiger partial charge in [-0.15, -0.1) is 0 Å². The van der Waals surface area contributed by atoms with Gasteiger partial charge in [0.2, 0.25) is 15.9 Å². The van der Waals surface area contributed by atoms with Crippen LogP contribution in [-0.4, -0.2) is 33.7 Å². The van der Waals surface area contributed by atoms with Crippen LogP contribution >= 0.6 is 0 Å². The lowest BCUT2D eigenvalue weighted by Gasteiger charge is -2.30. The van der Waals surface area contributed by atoms with Crippen molar-refractivity contribution in [1.29, 1.82) is 0 Å². The molecule has 0 heterocycles. The summed E-state index contributed by atoms with van der Waals surface area (Å²) in [4.78, 5) is 13.1. The van der Waals surface area contributed by atoms with Crippen molar-refractivity contribution in [1.82, 2.24) is 5.32 Å². The van der Waals surface area contributed by atoms with E-state index in [-0.39, 0.29) is 17.9 Å². The topological polar surface area (TPSA) is 75.7 Å². The maximum atomic E-state index is 13.1. The molecule has 1 amide bonds. The summed E-state index contributed by atoms with van der Waals surface area (Å²) in [6.45, 7) is 11.7. The highest BCUT2D eigenvalue weighted by Gasteiger charge is 2.30. The van der Waals surface area contributed by atoms with Gasteiger partial charge in [0.25, 0.3) is 0 Å². The van der Waals surface area contributed by atoms with Crippen LogP contribution < -0.4 is 14.4 Å². The summed E-state index contributed by atoms with van der Waals surface area (Å²) in [7, 11) is -2.01. The zero-order chi connectivity index (χ0) is 24.2. The van der Waals surface area contributed by atoms with Gasteiger partial charge in [-0.25, -0.2) is 8.42 Å². The number of sulfonamides is 1. The molecule has 0 unspecified atom stereocenters. The Kier molecular flexibility index (Phi) is 8.35. The molecule has 2 aromatic carbocycles. The summed E-state index contributed by atoms with van der Waals surface area (Å²) < 4.78 is 31.8. The Morgan fingerprint density at radius 1 is 1.06 bits per heavy atom. The van der Waals surface area contributed by atoms with Crippen molar-refractivity contribution in [3.8, 4) is 5.75 Å². The second-order valence-electron chi connectivity index (χ2n) is 8.59. The molecule has 0 saturated heterocycles. The number of carbonyl (C=O) groups excluding carboxylic acids is 1. The van der Waals surface area contributed by atoms with Crippen LogP contribution in [0.15, 0.2) is 36.4 Å². The van der Waals surface area contributed by atoms with E-state index in [0.717, 1.165) is 40.7 Å². The molecule has 0 spiro atoms. The van der Waals surface area contributed by atoms with Crippen LogP contribution in [0, 0.1) is 6.92 Å². The molecular formula is C25H36N2O4S. The van der Waals surface area contributed by atoms with Crippen LogP contribution in [-0.2, 0) is 21.2 Å². The predicted molar refractivity (Wildman–Crippen MR) is 131 cm³/mol. The molecule has 0 saturated carbocycles. The maximum absolute atomic E-state index is 13.1. The van der Waals surface area contributed by atoms with Crippen LogP contribution in [0.2, 0.25) is 0 Å². The number of carbonyl (C=O) groups is 1. The van der Waals surface area contributed by atoms with Gasteiger partial charge >= 0.3 is 0 Å². The molecule has 0 aliphatic heterocycles. The molecule has 1 N–H and O–H groups in total. The molecular weight excluding hydrogens is 424 g/mol. The lowest BCUT2D eigenvalue weighted by molar-refractivity contribution is -0.122. The minimum atomic E-state index is -3.66. The first kappa shape index (κ1) is 25.7. The highest BCUT2D eigenvalue weighted by atomic mass is 32.2. The maximum Gasteiger partial charge on any atom is 0.244 e. The minimum absolute atomic E-state index is 0.262. The van der Waals surface area contributed by atoms with E-state index in [1.165, 1.54) is 4.31 Å². The van der Waals surface area contributed by atoms with Crippen LogP contribution in [0.25, 0.3) is 0 Å². The number of hydrogen-bond acceptors (Lipinski definition) is 4. The van der Waals surface area contributed by atoms with Crippen molar-refractivity contribution in [3.63, 3.8) is 0 Å². The number of anilines is 1. The summed E-state index contributed by atoms with van der Waals surface area (Å²) >= 11 is 0. The Bertz CT molecular complexity index is 1050. The van der Waals surface area contributed by atoms with Crippen molar-refractivity contribution in [2.75, 3.05) is 17.7 Å². The Hall–Kier alpha value is -2.54. The number of amides is 1. The number of benzene rings is 2. The molecule has 6 nitrogen and oxygen atoms in total. The standard InChI is InChI=1S/C25H36N2O4S/c1-9-20-10-12-21(13-11-20)27(32(8,29)30)19(6)25(28)26-18(5)23-15-22(16(2)3)24(31-7)14-17(23)4/h10-16,18-19H,9H2,1-8H3,(H,26,28)/t18-,19-/m0/s1. The van der Waals surface area contributed by atoms with E-state index in [2.05, 4.69) is 25.2 Å². The average molecular weight is 461 g/mol. The van der Waals surface area contributed by atoms with Crippen molar-refractivity contribution in [2.45, 2.75) is 66.0 Å². The fourth-order valence-corrected chi connectivity index (χ4v) is 5.08. The third-order valence-corrected chi connectivity index (χ3v) is 6.99. The number of nitrogens with zero attached hydrogens (tertiary/aromatic N) is 1. The van der Waals surface area contributed by atoms with Crippen LogP contribution in [0.5, 0.6) is 5.75 Å². The fourth-order valence-electron chi connectivity index (χ4n) is 3.91. The van der Waals surface area contributed by atoms with Gasteiger partial charge in [-0.2, -0.15) is 0 Å². The lowest BCUT2D eigenvalue weighted by Crippen LogP contribution is -2.48. The van der Waals surface area contributed by atoms with Gasteiger partial charge in [-0.3, -0.25) is 9.10 Å². The molecule has 2 atom stereocenters. The number of nitrogens with one attached hydrogen (secondary N) is 1. The van der Waals surface area contributed by atoms with E-state index in [9.17, 15) is 13.2 Å². The number of methoxy groups -OCH3 is 1. The highest BCUT2D eigenvalue weighted by Crippen LogP contribution is 2.32. The summed E-state index contributed by atoms with van der Waals surface area (Å²) in [5.41, 5.74) is 4.62. The number of aryl methyl sites for hydroxylation is 2. The summed E-state index contributed by atoms with van der Waals surface area (Å²) in [5, 5.41) is 3.00. The normalized spacial score (nSPS) is 13.5. The third-order valence-electron chi connectivity index (χ3n) is 5.75. The van der Waals surface area contributed by atoms with Crippen molar-refractivity contribution in [3.05, 3.63) is 58.7 Å². The smallest absolute Gasteiger partial charge is 0.244 e. The molecule has 176 valence electrons. The molecule has 2 rings (SSSR count). The fraction of sp³-hybridized carbons (Fsp3) is 0.480. The Morgan fingerprint density at radius 3 is 2.12 bits per heavy atom. The number of ether oxygens (including phenoxy) is 1. The van der Waals surface area contributed by atoms with E-state index < -0.39 is 16.1 Å². The predicted octanol–water partition coefficient (Wildman–Crippen LogP) is 4.72. The summed E-state index contributed by atoms with van der Waals surface area (Å²) in [6, 6.07) is 10.1. The van der Waals surface area contributed by atoms with Gasteiger partial charge in [0.15, 0.2) is 0 Å². The Morgan fingerprint density at radius 2 is 1.66 bits per heavy atom. The molecule has 0 aliphatic carbocycles. The van der Waals surface area contributed by atoms with Gasteiger partial charge in [0.05, 0.1) is 25.1 Å². The van der Waals surface area contributed by atoms with Gasteiger partial charge in [0.1, 0.15) is 11.8 Å². The zero-order valence-corrected chi connectivity index (χ0v) is 21.2. The van der Waals surface area contributed by atoms with Gasteiger partial charge in [-0.1, -0.05) is 32.9 Å². The molecule has 0 fully saturated rings. The molecule has 32 heavy (non-hydrogen) atoms. The largest absolute Gasteiger partial charge is 0.496 e. The lowest BCUT2D eigenvalue weighted by atomic mass is 9.93. The molecule has 0 aliphatic rings. The second kappa shape index (κ2) is 10.4. The Balaban J connectivity index is 2.32. The number of rotatable bonds is 9. The first-order valence-electron chi connectivity index (χ1n) is 11.0. The van der Waals surface area contributed by atoms with Crippen molar-refractivity contribution >= 4 is 21.6 Å². The van der Waals surface area contributed by atoms with Crippen LogP contribution in [0.4, 0.5) is 5.69 Å². The summed E-state index contributed by atoms with van der Waals surface area (Å²) in [5.74, 6) is 0.730. The van der Waals surface area contributed by atoms with E-state index in [1.807, 2.05) is 39.0 Å². The van der Waals surface area contributed by atoms with Crippen LogP contribution in [0.3, 0.4) is 0 Å². The molecule has 2 aromatic rings. The SMILES string of the molecule is CCc1ccc(N([C@@H](C)C(=O)N[C@@H](C)c2cc(C(C)C)c(OC)cc2C)S(C)(=O)=O)cc1. The zero-order valence-electron chi connectivity index (χ0n) is 20.4. The third kappa shape index (κ3) is 5.82. The van der Waals surface area contributed by atoms with E-state index >= 15 is 0 Å². The average Bonchev–Trinajstić information content (AvgIpc) is 2.72. The van der Waals surface area contributed by atoms with Gasteiger partial charge in [-0.05, 0) is 79.6 Å². The van der Waals surface area contributed by atoms with Gasteiger partial charge < -0.3 is 10.1 Å². The molecule has 0 aromatic heterocycles. The highest BCUT2D eigenvalue weighted by molar-refractivity contribution is 7.92. The summed E-state index contributed by atoms with van der Waals surface area (Å²) in [6.07, 6.45) is 1.97. The van der Waals surface area contributed by atoms with E-state index in [1.54, 1.807) is 26.2 Å². The Labute approximate surface area is 193 Å². The number of hydrogen-bond donors (Lipinski definition) is 1. The molecule has 0 radical (unpaired) electrons. The van der Waals surface area contributed by atoms with Crippen molar-refractivity contribution < 1.29 is 17.9 Å². The second-order valence-corrected chi connectivity index (χ2v) is 10.4. The van der Waals surface area contributed by atoms with Gasteiger partial charge in [0, 0.05) is 0 Å². The van der Waals surface area contributed by atoms with Crippen molar-refractivity contribution in [2.24, 2.45) is 0 Å². The minimum Gasteiger partial charge on any atom is -0.496 e. The monoisotopic (exact) mass is 460 g/mol. The molecule has 0 bridgehead atoms.